The monoisotopic (exact) mass is 348 g/mol. The summed E-state index contributed by atoms with van der Waals surface area (Å²) in [6, 6.07) is 1.37. The van der Waals surface area contributed by atoms with Gasteiger partial charge in [-0.1, -0.05) is 0 Å². The van der Waals surface area contributed by atoms with E-state index in [1.165, 1.54) is 16.8 Å². The van der Waals surface area contributed by atoms with E-state index in [0.717, 1.165) is 19.4 Å². The SMILES string of the molecule is CC(C)N1CCC[C@]2(CCN(C(=O)Cn3ccc(=O)[nH]c3=O)C2)C1=O. The van der Waals surface area contributed by atoms with Crippen molar-refractivity contribution in [2.75, 3.05) is 19.6 Å². The number of nitrogens with zero attached hydrogens (tertiary/aromatic N) is 3. The van der Waals surface area contributed by atoms with Crippen LogP contribution in [0.5, 0.6) is 0 Å². The molecule has 8 nitrogen and oxygen atoms in total. The lowest BCUT2D eigenvalue weighted by Crippen LogP contribution is -2.52. The third-order valence-electron chi connectivity index (χ3n) is 5.30. The molecule has 2 aliphatic heterocycles. The Labute approximate surface area is 145 Å². The second kappa shape index (κ2) is 6.50. The molecule has 0 aliphatic carbocycles. The number of aromatic nitrogens is 2. The van der Waals surface area contributed by atoms with E-state index in [1.807, 2.05) is 18.7 Å². The average molecular weight is 348 g/mol. The Morgan fingerprint density at radius 3 is 2.68 bits per heavy atom. The highest BCUT2D eigenvalue weighted by Gasteiger charge is 2.49. The molecule has 2 aliphatic rings. The molecule has 1 atom stereocenters. The van der Waals surface area contributed by atoms with Crippen molar-refractivity contribution >= 4 is 11.8 Å². The molecule has 1 aromatic rings. The van der Waals surface area contributed by atoms with Gasteiger partial charge in [-0.15, -0.1) is 0 Å². The van der Waals surface area contributed by atoms with Crippen molar-refractivity contribution in [2.45, 2.75) is 45.7 Å². The Bertz CT molecular complexity index is 796. The first kappa shape index (κ1) is 17.4. The van der Waals surface area contributed by atoms with Crippen molar-refractivity contribution in [1.29, 1.82) is 0 Å². The van der Waals surface area contributed by atoms with Gasteiger partial charge in [0, 0.05) is 37.9 Å². The zero-order chi connectivity index (χ0) is 18.2. The number of rotatable bonds is 3. The van der Waals surface area contributed by atoms with Gasteiger partial charge in [-0.05, 0) is 33.1 Å². The van der Waals surface area contributed by atoms with Crippen LogP contribution in [0.15, 0.2) is 21.9 Å². The number of carbonyl (C=O) groups excluding carboxylic acids is 2. The zero-order valence-electron chi connectivity index (χ0n) is 14.7. The molecular formula is C17H24N4O4. The Kier molecular flexibility index (Phi) is 4.53. The molecule has 3 rings (SSSR count). The molecule has 3 heterocycles. The maximum Gasteiger partial charge on any atom is 0.328 e. The third kappa shape index (κ3) is 3.25. The lowest BCUT2D eigenvalue weighted by molar-refractivity contribution is -0.148. The molecular weight excluding hydrogens is 324 g/mol. The Balaban J connectivity index is 1.71. The van der Waals surface area contributed by atoms with Gasteiger partial charge in [0.05, 0.1) is 5.41 Å². The number of likely N-dealkylation sites (tertiary alicyclic amines) is 2. The van der Waals surface area contributed by atoms with E-state index in [2.05, 4.69) is 4.98 Å². The second-order valence-corrected chi connectivity index (χ2v) is 7.28. The van der Waals surface area contributed by atoms with Gasteiger partial charge >= 0.3 is 5.69 Å². The maximum absolute atomic E-state index is 12.9. The summed E-state index contributed by atoms with van der Waals surface area (Å²) in [5.74, 6) is -0.0641. The number of aromatic amines is 1. The highest BCUT2D eigenvalue weighted by molar-refractivity contribution is 5.86. The topological polar surface area (TPSA) is 95.5 Å². The fourth-order valence-corrected chi connectivity index (χ4v) is 3.87. The molecule has 25 heavy (non-hydrogen) atoms. The van der Waals surface area contributed by atoms with Gasteiger partial charge in [0.2, 0.25) is 11.8 Å². The van der Waals surface area contributed by atoms with Gasteiger partial charge in [-0.3, -0.25) is 23.9 Å². The lowest BCUT2D eigenvalue weighted by Gasteiger charge is -2.41. The first-order valence-electron chi connectivity index (χ1n) is 8.71. The summed E-state index contributed by atoms with van der Waals surface area (Å²) in [6.45, 7) is 5.60. The second-order valence-electron chi connectivity index (χ2n) is 7.28. The van der Waals surface area contributed by atoms with Gasteiger partial charge < -0.3 is 9.80 Å². The summed E-state index contributed by atoms with van der Waals surface area (Å²) in [6.07, 6.45) is 3.74. The van der Waals surface area contributed by atoms with E-state index in [4.69, 9.17) is 0 Å². The number of nitrogens with one attached hydrogen (secondary N) is 1. The van der Waals surface area contributed by atoms with Crippen molar-refractivity contribution in [2.24, 2.45) is 5.41 Å². The fourth-order valence-electron chi connectivity index (χ4n) is 3.87. The summed E-state index contributed by atoms with van der Waals surface area (Å²) >= 11 is 0. The molecule has 0 saturated carbocycles. The Hall–Kier alpha value is -2.38. The molecule has 1 aromatic heterocycles. The summed E-state index contributed by atoms with van der Waals surface area (Å²) in [5, 5.41) is 0. The highest BCUT2D eigenvalue weighted by atomic mass is 16.2. The summed E-state index contributed by atoms with van der Waals surface area (Å²) in [5.41, 5.74) is -1.57. The number of carbonyl (C=O) groups is 2. The maximum atomic E-state index is 12.9. The van der Waals surface area contributed by atoms with Crippen molar-refractivity contribution in [1.82, 2.24) is 19.4 Å². The van der Waals surface area contributed by atoms with Crippen LogP contribution in [0.3, 0.4) is 0 Å². The van der Waals surface area contributed by atoms with E-state index < -0.39 is 16.7 Å². The first-order valence-corrected chi connectivity index (χ1v) is 8.71. The quantitative estimate of drug-likeness (QED) is 0.817. The molecule has 2 amide bonds. The van der Waals surface area contributed by atoms with E-state index in [0.29, 0.717) is 19.5 Å². The van der Waals surface area contributed by atoms with Crippen molar-refractivity contribution < 1.29 is 9.59 Å². The molecule has 1 N–H and O–H groups in total. The molecule has 0 aromatic carbocycles. The number of H-pyrrole nitrogens is 1. The molecule has 0 radical (unpaired) electrons. The Morgan fingerprint density at radius 2 is 2.00 bits per heavy atom. The van der Waals surface area contributed by atoms with Gasteiger partial charge in [0.25, 0.3) is 5.56 Å². The smallest absolute Gasteiger partial charge is 0.328 e. The van der Waals surface area contributed by atoms with E-state index >= 15 is 0 Å². The average Bonchev–Trinajstić information content (AvgIpc) is 2.98. The van der Waals surface area contributed by atoms with Crippen LogP contribution >= 0.6 is 0 Å². The minimum absolute atomic E-state index is 0.131. The molecule has 2 saturated heterocycles. The molecule has 1 spiro atoms. The van der Waals surface area contributed by atoms with Crippen LogP contribution in [0.1, 0.15) is 33.1 Å². The third-order valence-corrected chi connectivity index (χ3v) is 5.30. The van der Waals surface area contributed by atoms with Crippen LogP contribution in [0.2, 0.25) is 0 Å². The number of amides is 2. The summed E-state index contributed by atoms with van der Waals surface area (Å²) in [4.78, 5) is 54.0. The van der Waals surface area contributed by atoms with Crippen LogP contribution in [0, 0.1) is 5.41 Å². The van der Waals surface area contributed by atoms with Gasteiger partial charge in [0.15, 0.2) is 0 Å². The zero-order valence-corrected chi connectivity index (χ0v) is 14.7. The van der Waals surface area contributed by atoms with Crippen LogP contribution in [0.4, 0.5) is 0 Å². The summed E-state index contributed by atoms with van der Waals surface area (Å²) in [7, 11) is 0. The lowest BCUT2D eigenvalue weighted by atomic mass is 9.78. The minimum Gasteiger partial charge on any atom is -0.340 e. The largest absolute Gasteiger partial charge is 0.340 e. The minimum atomic E-state index is -0.602. The molecule has 8 heteroatoms. The van der Waals surface area contributed by atoms with Crippen LogP contribution in [0.25, 0.3) is 0 Å². The first-order chi connectivity index (χ1) is 11.8. The van der Waals surface area contributed by atoms with Crippen LogP contribution < -0.4 is 11.2 Å². The van der Waals surface area contributed by atoms with Crippen molar-refractivity contribution in [3.63, 3.8) is 0 Å². The molecule has 136 valence electrons. The van der Waals surface area contributed by atoms with Gasteiger partial charge in [-0.2, -0.15) is 0 Å². The van der Waals surface area contributed by atoms with Crippen LogP contribution in [-0.4, -0.2) is 56.8 Å². The fraction of sp³-hybridized carbons (Fsp3) is 0.647. The molecule has 0 bridgehead atoms. The number of hydrogen-bond donors (Lipinski definition) is 1. The predicted molar refractivity (Wildman–Crippen MR) is 91.0 cm³/mol. The van der Waals surface area contributed by atoms with Gasteiger partial charge in [0.1, 0.15) is 6.54 Å². The number of hydrogen-bond acceptors (Lipinski definition) is 4. The summed E-state index contributed by atoms with van der Waals surface area (Å²) < 4.78 is 1.18. The van der Waals surface area contributed by atoms with Gasteiger partial charge in [-0.25, -0.2) is 4.79 Å². The van der Waals surface area contributed by atoms with Crippen molar-refractivity contribution in [3.8, 4) is 0 Å². The van der Waals surface area contributed by atoms with E-state index in [-0.39, 0.29) is 24.4 Å². The molecule has 0 unspecified atom stereocenters. The standard InChI is InChI=1S/C17H24N4O4/c1-12(2)21-7-3-5-17(15(21)24)6-9-20(11-17)14(23)10-19-8-4-13(22)18-16(19)25/h4,8,12H,3,5-7,9-11H2,1-2H3,(H,18,22,25)/t17-/m1/s1. The van der Waals surface area contributed by atoms with E-state index in [1.54, 1.807) is 4.90 Å². The Morgan fingerprint density at radius 1 is 1.24 bits per heavy atom. The highest BCUT2D eigenvalue weighted by Crippen LogP contribution is 2.40. The molecule has 2 fully saturated rings. The number of piperidine rings is 1. The van der Waals surface area contributed by atoms with E-state index in [9.17, 15) is 19.2 Å². The van der Waals surface area contributed by atoms with Crippen molar-refractivity contribution in [3.05, 3.63) is 33.1 Å². The normalized spacial score (nSPS) is 23.7. The van der Waals surface area contributed by atoms with Crippen LogP contribution in [-0.2, 0) is 16.1 Å². The predicted octanol–water partition coefficient (Wildman–Crippen LogP) is -0.214.